The van der Waals surface area contributed by atoms with Crippen LogP contribution in [0, 0.1) is 6.92 Å². The monoisotopic (exact) mass is 367 g/mol. The normalized spacial score (nSPS) is 17.0. The third kappa shape index (κ3) is 4.40. The molecule has 0 aliphatic carbocycles. The van der Waals surface area contributed by atoms with Crippen molar-refractivity contribution in [3.63, 3.8) is 0 Å². The molecule has 140 valence electrons. The Morgan fingerprint density at radius 1 is 1.24 bits per heavy atom. The van der Waals surface area contributed by atoms with Crippen LogP contribution in [0.15, 0.2) is 23.1 Å². The number of aryl methyl sites for hydroxylation is 1. The second-order valence-corrected chi connectivity index (χ2v) is 8.38. The predicted octanol–water partition coefficient (Wildman–Crippen LogP) is 2.45. The molecule has 6 nitrogen and oxygen atoms in total. The van der Waals surface area contributed by atoms with Crippen LogP contribution in [0.5, 0.6) is 0 Å². The molecule has 1 atom stereocenters. The third-order valence-electron chi connectivity index (χ3n) is 4.85. The molecule has 1 aromatic rings. The molecule has 0 aromatic heterocycles. The van der Waals surface area contributed by atoms with Gasteiger partial charge in [-0.15, -0.1) is 0 Å². The van der Waals surface area contributed by atoms with Crippen molar-refractivity contribution < 1.29 is 13.2 Å². The van der Waals surface area contributed by atoms with E-state index in [0.29, 0.717) is 24.3 Å². The molecule has 1 fully saturated rings. The summed E-state index contributed by atoms with van der Waals surface area (Å²) in [6.45, 7) is 10.0. The van der Waals surface area contributed by atoms with Gasteiger partial charge in [0.15, 0.2) is 0 Å². The number of nitrogens with zero attached hydrogens (tertiary/aromatic N) is 2. The number of likely N-dealkylation sites (tertiary alicyclic amines) is 1. The molecule has 1 N–H and O–H groups in total. The molecule has 1 saturated heterocycles. The van der Waals surface area contributed by atoms with Crippen molar-refractivity contribution in [2.75, 3.05) is 31.5 Å². The van der Waals surface area contributed by atoms with E-state index >= 15 is 0 Å². The van der Waals surface area contributed by atoms with E-state index in [1.165, 1.54) is 4.31 Å². The van der Waals surface area contributed by atoms with E-state index in [-0.39, 0.29) is 16.8 Å². The van der Waals surface area contributed by atoms with E-state index in [9.17, 15) is 13.2 Å². The van der Waals surface area contributed by atoms with Gasteiger partial charge in [-0.2, -0.15) is 4.31 Å². The van der Waals surface area contributed by atoms with Crippen molar-refractivity contribution in [3.05, 3.63) is 23.8 Å². The number of anilines is 1. The number of benzene rings is 1. The first-order valence-corrected chi connectivity index (χ1v) is 10.4. The lowest BCUT2D eigenvalue weighted by atomic mass is 10.2. The van der Waals surface area contributed by atoms with E-state index in [0.717, 1.165) is 25.9 Å². The summed E-state index contributed by atoms with van der Waals surface area (Å²) in [5.41, 5.74) is 1.20. The molecule has 0 saturated carbocycles. The molecule has 1 amide bonds. The largest absolute Gasteiger partial charge is 0.325 e. The first-order chi connectivity index (χ1) is 11.8. The van der Waals surface area contributed by atoms with Crippen molar-refractivity contribution in [1.82, 2.24) is 9.21 Å². The number of carbonyl (C=O) groups is 1. The van der Waals surface area contributed by atoms with Gasteiger partial charge in [0, 0.05) is 18.8 Å². The van der Waals surface area contributed by atoms with Gasteiger partial charge in [0.05, 0.1) is 10.9 Å². The van der Waals surface area contributed by atoms with Gasteiger partial charge < -0.3 is 5.32 Å². The van der Waals surface area contributed by atoms with E-state index < -0.39 is 10.0 Å². The summed E-state index contributed by atoms with van der Waals surface area (Å²) in [5, 5.41) is 2.87. The van der Waals surface area contributed by atoms with Crippen molar-refractivity contribution in [2.24, 2.45) is 0 Å². The summed E-state index contributed by atoms with van der Waals surface area (Å²) in [6, 6.07) is 4.85. The molecule has 1 aliphatic heterocycles. The Bertz CT molecular complexity index is 708. The van der Waals surface area contributed by atoms with Crippen LogP contribution in [-0.2, 0) is 14.8 Å². The number of nitrogens with one attached hydrogen (secondary N) is 1. The lowest BCUT2D eigenvalue weighted by molar-refractivity contribution is -0.120. The number of amides is 1. The fourth-order valence-corrected chi connectivity index (χ4v) is 4.91. The quantitative estimate of drug-likeness (QED) is 0.804. The minimum atomic E-state index is -3.55. The molecular formula is C18H29N3O3S. The number of sulfonamides is 1. The molecular weight excluding hydrogens is 338 g/mol. The maximum Gasteiger partial charge on any atom is 0.243 e. The molecule has 0 radical (unpaired) electrons. The molecule has 25 heavy (non-hydrogen) atoms. The van der Waals surface area contributed by atoms with E-state index in [2.05, 4.69) is 10.2 Å². The van der Waals surface area contributed by atoms with Crippen LogP contribution in [0.4, 0.5) is 5.69 Å². The van der Waals surface area contributed by atoms with Gasteiger partial charge in [0.2, 0.25) is 15.9 Å². The fourth-order valence-electron chi connectivity index (χ4n) is 3.20. The van der Waals surface area contributed by atoms with Crippen molar-refractivity contribution in [3.8, 4) is 0 Å². The van der Waals surface area contributed by atoms with Crippen LogP contribution in [0.3, 0.4) is 0 Å². The average molecular weight is 368 g/mol. The summed E-state index contributed by atoms with van der Waals surface area (Å²) < 4.78 is 27.0. The highest BCUT2D eigenvalue weighted by Crippen LogP contribution is 2.24. The highest BCUT2D eigenvalue weighted by Gasteiger charge is 2.26. The van der Waals surface area contributed by atoms with Gasteiger partial charge >= 0.3 is 0 Å². The van der Waals surface area contributed by atoms with Crippen molar-refractivity contribution in [2.45, 2.75) is 51.5 Å². The van der Waals surface area contributed by atoms with Gasteiger partial charge in [-0.3, -0.25) is 9.69 Å². The highest BCUT2D eigenvalue weighted by atomic mass is 32.2. The fraction of sp³-hybridized carbons (Fsp3) is 0.611. The van der Waals surface area contributed by atoms with Crippen LogP contribution in [0.2, 0.25) is 0 Å². The summed E-state index contributed by atoms with van der Waals surface area (Å²) in [6.07, 6.45) is 2.24. The predicted molar refractivity (Wildman–Crippen MR) is 100 cm³/mol. The van der Waals surface area contributed by atoms with Crippen LogP contribution in [0.1, 0.15) is 39.2 Å². The van der Waals surface area contributed by atoms with Crippen LogP contribution < -0.4 is 5.32 Å². The summed E-state index contributed by atoms with van der Waals surface area (Å²) in [7, 11) is -3.55. The maximum absolute atomic E-state index is 12.8. The minimum Gasteiger partial charge on any atom is -0.325 e. The van der Waals surface area contributed by atoms with Gasteiger partial charge in [-0.1, -0.05) is 19.9 Å². The number of hydrogen-bond donors (Lipinski definition) is 1. The lowest BCUT2D eigenvalue weighted by Gasteiger charge is -2.23. The molecule has 1 heterocycles. The first kappa shape index (κ1) is 19.9. The van der Waals surface area contributed by atoms with Gasteiger partial charge in [0.1, 0.15) is 0 Å². The maximum atomic E-state index is 12.8. The van der Waals surface area contributed by atoms with Crippen LogP contribution >= 0.6 is 0 Å². The summed E-state index contributed by atoms with van der Waals surface area (Å²) >= 11 is 0. The number of hydrogen-bond acceptors (Lipinski definition) is 4. The van der Waals surface area contributed by atoms with Crippen molar-refractivity contribution >= 4 is 21.6 Å². The molecule has 1 aromatic carbocycles. The average Bonchev–Trinajstić information content (AvgIpc) is 3.11. The standard InChI is InChI=1S/C18H29N3O3S/c1-5-21(6-2)25(23,24)17-13-16(10-9-14(17)3)19-18(22)15(4)20-11-7-8-12-20/h9-10,13,15H,5-8,11-12H2,1-4H3,(H,19,22)/t15-/m1/s1. The Labute approximate surface area is 151 Å². The Morgan fingerprint density at radius 2 is 1.84 bits per heavy atom. The van der Waals surface area contributed by atoms with Crippen LogP contribution in [0.25, 0.3) is 0 Å². The van der Waals surface area contributed by atoms with Crippen molar-refractivity contribution in [1.29, 1.82) is 0 Å². The molecule has 2 rings (SSSR count). The number of carbonyl (C=O) groups excluding carboxylic acids is 1. The second-order valence-electron chi connectivity index (χ2n) is 6.48. The zero-order valence-electron chi connectivity index (χ0n) is 15.6. The Hall–Kier alpha value is -1.44. The van der Waals surface area contributed by atoms with Gasteiger partial charge in [-0.25, -0.2) is 8.42 Å². The second kappa shape index (κ2) is 8.29. The zero-order chi connectivity index (χ0) is 18.6. The SMILES string of the molecule is CCN(CC)S(=O)(=O)c1cc(NC(=O)[C@@H](C)N2CCCC2)ccc1C. The van der Waals surface area contributed by atoms with Gasteiger partial charge in [0.25, 0.3) is 0 Å². The molecule has 1 aliphatic rings. The number of rotatable bonds is 7. The topological polar surface area (TPSA) is 69.7 Å². The smallest absolute Gasteiger partial charge is 0.243 e. The van der Waals surface area contributed by atoms with Gasteiger partial charge in [-0.05, 0) is 57.5 Å². The highest BCUT2D eigenvalue weighted by molar-refractivity contribution is 7.89. The van der Waals surface area contributed by atoms with E-state index in [1.54, 1.807) is 25.1 Å². The Balaban J connectivity index is 2.22. The first-order valence-electron chi connectivity index (χ1n) is 8.97. The molecule has 0 bridgehead atoms. The zero-order valence-corrected chi connectivity index (χ0v) is 16.4. The summed E-state index contributed by atoms with van der Waals surface area (Å²) in [4.78, 5) is 14.9. The molecule has 7 heteroatoms. The Morgan fingerprint density at radius 3 is 2.40 bits per heavy atom. The van der Waals surface area contributed by atoms with E-state index in [4.69, 9.17) is 0 Å². The van der Waals surface area contributed by atoms with Crippen LogP contribution in [-0.4, -0.2) is 55.8 Å². The van der Waals surface area contributed by atoms with E-state index in [1.807, 2.05) is 20.8 Å². The third-order valence-corrected chi connectivity index (χ3v) is 7.04. The Kier molecular flexibility index (Phi) is 6.59. The molecule has 0 unspecified atom stereocenters. The lowest BCUT2D eigenvalue weighted by Crippen LogP contribution is -2.40. The summed E-state index contributed by atoms with van der Waals surface area (Å²) in [5.74, 6) is -0.100. The minimum absolute atomic E-state index is 0.100. The molecule has 0 spiro atoms.